The van der Waals surface area contributed by atoms with Crippen molar-refractivity contribution in [1.29, 1.82) is 0 Å². The Morgan fingerprint density at radius 2 is 1.59 bits per heavy atom. The molecule has 0 atom stereocenters. The minimum absolute atomic E-state index is 0.128. The smallest absolute Gasteiger partial charge is 0.306 e. The summed E-state index contributed by atoms with van der Waals surface area (Å²) >= 11 is 1.37. The number of hydrogen-bond donors (Lipinski definition) is 2. The van der Waals surface area contributed by atoms with Gasteiger partial charge in [-0.05, 0) is 41.3 Å². The molecule has 0 radical (unpaired) electrons. The first-order valence-electron chi connectivity index (χ1n) is 10.1. The van der Waals surface area contributed by atoms with Gasteiger partial charge in [0.25, 0.3) is 5.91 Å². The molecule has 3 rings (SSSR count). The molecule has 2 amide bonds. The maximum absolute atomic E-state index is 12.6. The van der Waals surface area contributed by atoms with E-state index in [4.69, 9.17) is 4.74 Å². The van der Waals surface area contributed by atoms with Crippen LogP contribution >= 0.6 is 11.3 Å². The Morgan fingerprint density at radius 3 is 2.22 bits per heavy atom. The number of nitrogens with one attached hydrogen (secondary N) is 2. The lowest BCUT2D eigenvalue weighted by molar-refractivity contribution is -0.141. The quantitative estimate of drug-likeness (QED) is 0.455. The Kier molecular flexibility index (Phi) is 8.53. The average molecular weight is 452 g/mol. The van der Waals surface area contributed by atoms with Gasteiger partial charge in [-0.25, -0.2) is 0 Å². The summed E-state index contributed by atoms with van der Waals surface area (Å²) in [5, 5.41) is 7.53. The van der Waals surface area contributed by atoms with Gasteiger partial charge in [0.1, 0.15) is 0 Å². The molecule has 0 spiro atoms. The molecule has 32 heavy (non-hydrogen) atoms. The SMILES string of the molecule is COC(=O)CCN(CC(=O)Nc1ccc(NC(=O)c2cccs2)cc1)Cc1ccccc1. The van der Waals surface area contributed by atoms with E-state index in [-0.39, 0.29) is 30.7 Å². The van der Waals surface area contributed by atoms with Crippen LogP contribution in [0.25, 0.3) is 0 Å². The van der Waals surface area contributed by atoms with Crippen LogP contribution in [0.1, 0.15) is 21.7 Å². The predicted molar refractivity (Wildman–Crippen MR) is 126 cm³/mol. The number of carbonyl (C=O) groups excluding carboxylic acids is 3. The van der Waals surface area contributed by atoms with Crippen molar-refractivity contribution in [3.05, 3.63) is 82.6 Å². The number of rotatable bonds is 10. The van der Waals surface area contributed by atoms with E-state index < -0.39 is 0 Å². The Bertz CT molecular complexity index is 1020. The molecular weight excluding hydrogens is 426 g/mol. The highest BCUT2D eigenvalue weighted by Gasteiger charge is 2.14. The van der Waals surface area contributed by atoms with Crippen LogP contribution in [0.4, 0.5) is 11.4 Å². The summed E-state index contributed by atoms with van der Waals surface area (Å²) in [6.45, 7) is 1.07. The number of methoxy groups -OCH3 is 1. The van der Waals surface area contributed by atoms with Crippen molar-refractivity contribution in [3.63, 3.8) is 0 Å². The lowest BCUT2D eigenvalue weighted by atomic mass is 10.2. The van der Waals surface area contributed by atoms with Crippen LogP contribution in [0.3, 0.4) is 0 Å². The number of benzene rings is 2. The third-order valence-corrected chi connectivity index (χ3v) is 5.52. The topological polar surface area (TPSA) is 87.7 Å². The van der Waals surface area contributed by atoms with E-state index in [2.05, 4.69) is 10.6 Å². The van der Waals surface area contributed by atoms with E-state index in [0.29, 0.717) is 29.3 Å². The second kappa shape index (κ2) is 11.8. The molecule has 0 aliphatic carbocycles. The van der Waals surface area contributed by atoms with Gasteiger partial charge in [-0.3, -0.25) is 19.3 Å². The van der Waals surface area contributed by atoms with Crippen LogP contribution in [0.15, 0.2) is 72.1 Å². The van der Waals surface area contributed by atoms with Gasteiger partial charge < -0.3 is 15.4 Å². The molecule has 0 unspecified atom stereocenters. The number of thiophene rings is 1. The molecule has 3 aromatic rings. The summed E-state index contributed by atoms with van der Waals surface area (Å²) in [6.07, 6.45) is 0.204. The monoisotopic (exact) mass is 451 g/mol. The van der Waals surface area contributed by atoms with Gasteiger partial charge in [0.2, 0.25) is 5.91 Å². The zero-order chi connectivity index (χ0) is 22.8. The standard InChI is InChI=1S/C24H25N3O4S/c1-31-23(29)13-14-27(16-18-6-3-2-4-7-18)17-22(28)25-19-9-11-20(12-10-19)26-24(30)21-8-5-15-32-21/h2-12,15H,13-14,16-17H2,1H3,(H,25,28)(H,26,30). The van der Waals surface area contributed by atoms with Gasteiger partial charge in [0.05, 0.1) is 25.0 Å². The van der Waals surface area contributed by atoms with Gasteiger partial charge >= 0.3 is 5.97 Å². The lowest BCUT2D eigenvalue weighted by Gasteiger charge is -2.21. The number of amides is 2. The number of carbonyl (C=O) groups is 3. The van der Waals surface area contributed by atoms with Crippen molar-refractivity contribution >= 4 is 40.5 Å². The maximum Gasteiger partial charge on any atom is 0.306 e. The highest BCUT2D eigenvalue weighted by molar-refractivity contribution is 7.12. The van der Waals surface area contributed by atoms with Crippen molar-refractivity contribution in [3.8, 4) is 0 Å². The van der Waals surface area contributed by atoms with Crippen molar-refractivity contribution in [2.24, 2.45) is 0 Å². The normalized spacial score (nSPS) is 10.6. The molecule has 0 fully saturated rings. The van der Waals surface area contributed by atoms with E-state index in [9.17, 15) is 14.4 Å². The van der Waals surface area contributed by atoms with Crippen molar-refractivity contribution in [2.75, 3.05) is 30.8 Å². The van der Waals surface area contributed by atoms with Crippen molar-refractivity contribution < 1.29 is 19.1 Å². The first kappa shape index (κ1) is 23.2. The van der Waals surface area contributed by atoms with Gasteiger partial charge in [0, 0.05) is 24.5 Å². The van der Waals surface area contributed by atoms with Crippen molar-refractivity contribution in [2.45, 2.75) is 13.0 Å². The Morgan fingerprint density at radius 1 is 0.906 bits per heavy atom. The molecule has 8 heteroatoms. The molecule has 1 heterocycles. The number of anilines is 2. The highest BCUT2D eigenvalue weighted by Crippen LogP contribution is 2.16. The molecule has 1 aromatic heterocycles. The zero-order valence-electron chi connectivity index (χ0n) is 17.7. The fourth-order valence-corrected chi connectivity index (χ4v) is 3.67. The van der Waals surface area contributed by atoms with Crippen LogP contribution in [-0.2, 0) is 20.9 Å². The molecule has 0 saturated carbocycles. The lowest BCUT2D eigenvalue weighted by Crippen LogP contribution is -2.34. The third-order valence-electron chi connectivity index (χ3n) is 4.65. The number of ether oxygens (including phenoxy) is 1. The number of nitrogens with zero attached hydrogens (tertiary/aromatic N) is 1. The minimum atomic E-state index is -0.316. The molecule has 0 aliphatic rings. The van der Waals surface area contributed by atoms with E-state index in [1.807, 2.05) is 46.7 Å². The number of hydrogen-bond acceptors (Lipinski definition) is 6. The molecule has 166 valence electrons. The first-order chi connectivity index (χ1) is 15.5. The van der Waals surface area contributed by atoms with Crippen LogP contribution in [0, 0.1) is 0 Å². The van der Waals surface area contributed by atoms with E-state index >= 15 is 0 Å². The van der Waals surface area contributed by atoms with E-state index in [0.717, 1.165) is 5.56 Å². The van der Waals surface area contributed by atoms with Gasteiger partial charge in [-0.2, -0.15) is 0 Å². The molecule has 0 aliphatic heterocycles. The van der Waals surface area contributed by atoms with E-state index in [1.54, 1.807) is 30.3 Å². The van der Waals surface area contributed by atoms with Gasteiger partial charge in [-0.15, -0.1) is 11.3 Å². The summed E-state index contributed by atoms with van der Waals surface area (Å²) in [5.74, 6) is -0.677. The molecule has 7 nitrogen and oxygen atoms in total. The van der Waals surface area contributed by atoms with E-state index in [1.165, 1.54) is 18.4 Å². The summed E-state index contributed by atoms with van der Waals surface area (Å²) in [6, 6.07) is 20.3. The minimum Gasteiger partial charge on any atom is -0.469 e. The molecule has 0 saturated heterocycles. The Balaban J connectivity index is 1.55. The fourth-order valence-electron chi connectivity index (χ4n) is 3.05. The number of esters is 1. The zero-order valence-corrected chi connectivity index (χ0v) is 18.6. The highest BCUT2D eigenvalue weighted by atomic mass is 32.1. The fraction of sp³-hybridized carbons (Fsp3) is 0.208. The second-order valence-corrected chi connectivity index (χ2v) is 8.03. The van der Waals surface area contributed by atoms with Crippen LogP contribution < -0.4 is 10.6 Å². The molecule has 2 N–H and O–H groups in total. The summed E-state index contributed by atoms with van der Waals surface area (Å²) in [7, 11) is 1.35. The Hall–Kier alpha value is -3.49. The third kappa shape index (κ3) is 7.33. The molecule has 0 bridgehead atoms. The van der Waals surface area contributed by atoms with Crippen molar-refractivity contribution in [1.82, 2.24) is 4.90 Å². The Labute approximate surface area is 191 Å². The first-order valence-corrected chi connectivity index (χ1v) is 11.0. The van der Waals surface area contributed by atoms with Gasteiger partial charge in [-0.1, -0.05) is 36.4 Å². The second-order valence-electron chi connectivity index (χ2n) is 7.08. The van der Waals surface area contributed by atoms with Crippen LogP contribution in [-0.4, -0.2) is 42.9 Å². The summed E-state index contributed by atoms with van der Waals surface area (Å²) in [4.78, 5) is 38.8. The summed E-state index contributed by atoms with van der Waals surface area (Å²) < 4.78 is 4.72. The maximum atomic E-state index is 12.6. The van der Waals surface area contributed by atoms with Gasteiger partial charge in [0.15, 0.2) is 0 Å². The predicted octanol–water partition coefficient (Wildman–Crippen LogP) is 4.00. The van der Waals surface area contributed by atoms with Crippen LogP contribution in [0.5, 0.6) is 0 Å². The average Bonchev–Trinajstić information content (AvgIpc) is 3.34. The largest absolute Gasteiger partial charge is 0.469 e. The summed E-state index contributed by atoms with van der Waals surface area (Å²) in [5.41, 5.74) is 2.32. The molecular formula is C24H25N3O4S. The van der Waals surface area contributed by atoms with Crippen LogP contribution in [0.2, 0.25) is 0 Å². The molecule has 2 aromatic carbocycles.